The number of carbonyl (C=O) groups excluding carboxylic acids is 2. The third-order valence-electron chi connectivity index (χ3n) is 5.08. The fourth-order valence-corrected chi connectivity index (χ4v) is 4.13. The number of rotatable bonds is 9. The smallest absolute Gasteiger partial charge is 0.408 e. The number of hydrogen-bond acceptors (Lipinski definition) is 5. The summed E-state index contributed by atoms with van der Waals surface area (Å²) in [4.78, 5) is 35.3. The summed E-state index contributed by atoms with van der Waals surface area (Å²) in [6.07, 6.45) is -0.665. The van der Waals surface area contributed by atoms with Crippen LogP contribution in [0.1, 0.15) is 30.9 Å². The number of carbonyl (C=O) groups is 3. The molecule has 0 fully saturated rings. The minimum atomic E-state index is -1.17. The van der Waals surface area contributed by atoms with Crippen molar-refractivity contribution in [3.05, 3.63) is 59.7 Å². The van der Waals surface area contributed by atoms with Crippen LogP contribution in [0.15, 0.2) is 48.5 Å². The van der Waals surface area contributed by atoms with Gasteiger partial charge in [0.2, 0.25) is 5.91 Å². The van der Waals surface area contributed by atoms with Crippen LogP contribution in [0, 0.1) is 0 Å². The zero-order chi connectivity index (χ0) is 22.4. The molecular formula is C23H26N2O5S. The topological polar surface area (TPSA) is 105 Å². The molecule has 0 atom stereocenters. The average molecular weight is 443 g/mol. The molecule has 3 N–H and O–H groups in total. The molecule has 0 bridgehead atoms. The first-order valence-electron chi connectivity index (χ1n) is 10.0. The number of aliphatic carboxylic acids is 1. The van der Waals surface area contributed by atoms with E-state index in [1.165, 1.54) is 11.8 Å². The van der Waals surface area contributed by atoms with Crippen LogP contribution in [0.5, 0.6) is 0 Å². The maximum absolute atomic E-state index is 12.4. The standard InChI is InChI=1S/C23H26N2O5S/c1-23(2,21(28)24-11-12-31-14-20(26)27)25-22(29)30-13-19-17-9-5-3-7-15(17)16-8-4-6-10-18(16)19/h3-10,19H,11-14H2,1-2H3,(H,24,28)(H,25,29)(H,26,27). The van der Waals surface area contributed by atoms with E-state index in [0.717, 1.165) is 22.3 Å². The van der Waals surface area contributed by atoms with E-state index >= 15 is 0 Å². The third-order valence-corrected chi connectivity index (χ3v) is 6.03. The number of amides is 2. The lowest BCUT2D eigenvalue weighted by atomic mass is 9.98. The molecule has 31 heavy (non-hydrogen) atoms. The second kappa shape index (κ2) is 9.87. The van der Waals surface area contributed by atoms with Gasteiger partial charge in [0.1, 0.15) is 12.1 Å². The van der Waals surface area contributed by atoms with Crippen molar-refractivity contribution < 1.29 is 24.2 Å². The van der Waals surface area contributed by atoms with E-state index in [-0.39, 0.29) is 24.2 Å². The fourth-order valence-electron chi connectivity index (χ4n) is 3.56. The second-order valence-electron chi connectivity index (χ2n) is 7.78. The number of carboxylic acids is 1. The summed E-state index contributed by atoms with van der Waals surface area (Å²) in [5.41, 5.74) is 3.36. The Bertz CT molecular complexity index is 930. The first-order valence-corrected chi connectivity index (χ1v) is 11.2. The summed E-state index contributed by atoms with van der Waals surface area (Å²) in [6, 6.07) is 16.1. The SMILES string of the molecule is CC(C)(NC(=O)OCC1c2ccccc2-c2ccccc21)C(=O)NCCSCC(=O)O. The number of alkyl carbamates (subject to hydrolysis) is 1. The molecule has 0 aromatic heterocycles. The molecule has 3 rings (SSSR count). The van der Waals surface area contributed by atoms with Crippen LogP contribution < -0.4 is 10.6 Å². The molecule has 2 amide bonds. The summed E-state index contributed by atoms with van der Waals surface area (Å²) >= 11 is 1.21. The van der Waals surface area contributed by atoms with Gasteiger partial charge in [0.25, 0.3) is 0 Å². The predicted octanol–water partition coefficient (Wildman–Crippen LogP) is 3.24. The third kappa shape index (κ3) is 5.58. The molecule has 0 heterocycles. The van der Waals surface area contributed by atoms with Crippen molar-refractivity contribution in [3.63, 3.8) is 0 Å². The van der Waals surface area contributed by atoms with Crippen molar-refractivity contribution in [1.29, 1.82) is 0 Å². The molecule has 0 aliphatic heterocycles. The van der Waals surface area contributed by atoms with Crippen LogP contribution in [0.25, 0.3) is 11.1 Å². The van der Waals surface area contributed by atoms with Gasteiger partial charge in [0.15, 0.2) is 0 Å². The number of fused-ring (bicyclic) bond motifs is 3. The van der Waals surface area contributed by atoms with Crippen molar-refractivity contribution in [2.75, 3.05) is 24.7 Å². The molecule has 1 aliphatic rings. The molecule has 0 saturated carbocycles. The summed E-state index contributed by atoms with van der Waals surface area (Å²) in [6.45, 7) is 3.66. The Morgan fingerprint density at radius 2 is 1.61 bits per heavy atom. The average Bonchev–Trinajstić information content (AvgIpc) is 3.05. The maximum Gasteiger partial charge on any atom is 0.408 e. The molecule has 2 aromatic rings. The van der Waals surface area contributed by atoms with Gasteiger partial charge in [-0.3, -0.25) is 9.59 Å². The Hall–Kier alpha value is -3.00. The Labute approximate surface area is 185 Å². The van der Waals surface area contributed by atoms with E-state index in [4.69, 9.17) is 9.84 Å². The molecule has 2 aromatic carbocycles. The molecule has 7 nitrogen and oxygen atoms in total. The Balaban J connectivity index is 1.53. The van der Waals surface area contributed by atoms with E-state index in [2.05, 4.69) is 22.8 Å². The molecular weight excluding hydrogens is 416 g/mol. The van der Waals surface area contributed by atoms with Crippen molar-refractivity contribution in [2.45, 2.75) is 25.3 Å². The molecule has 0 spiro atoms. The minimum Gasteiger partial charge on any atom is -0.481 e. The Kier molecular flexibility index (Phi) is 7.22. The lowest BCUT2D eigenvalue weighted by molar-refractivity contribution is -0.134. The fraction of sp³-hybridized carbons (Fsp3) is 0.348. The van der Waals surface area contributed by atoms with Crippen LogP contribution in [0.3, 0.4) is 0 Å². The first kappa shape index (κ1) is 22.7. The molecule has 0 unspecified atom stereocenters. The van der Waals surface area contributed by atoms with Gasteiger partial charge < -0.3 is 20.5 Å². The molecule has 164 valence electrons. The Morgan fingerprint density at radius 1 is 1.03 bits per heavy atom. The lowest BCUT2D eigenvalue weighted by Gasteiger charge is -2.25. The normalized spacial score (nSPS) is 12.6. The van der Waals surface area contributed by atoms with Gasteiger partial charge in [0.05, 0.1) is 5.75 Å². The minimum absolute atomic E-state index is 0.0166. The lowest BCUT2D eigenvalue weighted by Crippen LogP contribution is -2.55. The van der Waals surface area contributed by atoms with Gasteiger partial charge in [-0.1, -0.05) is 48.5 Å². The number of hydrogen-bond donors (Lipinski definition) is 3. The van der Waals surface area contributed by atoms with Crippen molar-refractivity contribution in [3.8, 4) is 11.1 Å². The highest BCUT2D eigenvalue weighted by molar-refractivity contribution is 7.99. The van der Waals surface area contributed by atoms with Crippen LogP contribution in [0.2, 0.25) is 0 Å². The zero-order valence-corrected chi connectivity index (χ0v) is 18.3. The number of benzene rings is 2. The van der Waals surface area contributed by atoms with Gasteiger partial charge in [-0.25, -0.2) is 4.79 Å². The molecule has 0 radical (unpaired) electrons. The Morgan fingerprint density at radius 3 is 2.19 bits per heavy atom. The predicted molar refractivity (Wildman–Crippen MR) is 120 cm³/mol. The summed E-state index contributed by atoms with van der Waals surface area (Å²) < 4.78 is 5.50. The number of ether oxygens (including phenoxy) is 1. The van der Waals surface area contributed by atoms with Gasteiger partial charge in [-0.15, -0.1) is 11.8 Å². The summed E-state index contributed by atoms with van der Waals surface area (Å²) in [7, 11) is 0. The maximum atomic E-state index is 12.4. The monoisotopic (exact) mass is 442 g/mol. The number of carboxylic acid groups (broad SMARTS) is 1. The number of nitrogens with one attached hydrogen (secondary N) is 2. The van der Waals surface area contributed by atoms with Crippen LogP contribution in [0.4, 0.5) is 4.79 Å². The van der Waals surface area contributed by atoms with Crippen molar-refractivity contribution >= 4 is 29.7 Å². The quantitative estimate of drug-likeness (QED) is 0.515. The second-order valence-corrected chi connectivity index (χ2v) is 8.88. The van der Waals surface area contributed by atoms with Crippen LogP contribution in [-0.4, -0.2) is 53.3 Å². The van der Waals surface area contributed by atoms with E-state index in [0.29, 0.717) is 12.3 Å². The van der Waals surface area contributed by atoms with E-state index in [1.54, 1.807) is 13.8 Å². The summed E-state index contributed by atoms with van der Waals surface area (Å²) in [5.74, 6) is -0.858. The van der Waals surface area contributed by atoms with Gasteiger partial charge in [-0.05, 0) is 36.1 Å². The zero-order valence-electron chi connectivity index (χ0n) is 17.5. The highest BCUT2D eigenvalue weighted by Gasteiger charge is 2.32. The van der Waals surface area contributed by atoms with Gasteiger partial charge >= 0.3 is 12.1 Å². The first-order chi connectivity index (χ1) is 14.8. The highest BCUT2D eigenvalue weighted by atomic mass is 32.2. The van der Waals surface area contributed by atoms with Crippen molar-refractivity contribution in [2.24, 2.45) is 0 Å². The largest absolute Gasteiger partial charge is 0.481 e. The summed E-state index contributed by atoms with van der Waals surface area (Å²) in [5, 5.41) is 13.9. The van der Waals surface area contributed by atoms with Crippen LogP contribution in [-0.2, 0) is 14.3 Å². The molecule has 0 saturated heterocycles. The highest BCUT2D eigenvalue weighted by Crippen LogP contribution is 2.44. The van der Waals surface area contributed by atoms with Crippen molar-refractivity contribution in [1.82, 2.24) is 10.6 Å². The van der Waals surface area contributed by atoms with Crippen LogP contribution >= 0.6 is 11.8 Å². The van der Waals surface area contributed by atoms with Gasteiger partial charge in [-0.2, -0.15) is 0 Å². The molecule has 8 heteroatoms. The van der Waals surface area contributed by atoms with E-state index in [1.807, 2.05) is 36.4 Å². The van der Waals surface area contributed by atoms with E-state index < -0.39 is 17.6 Å². The van der Waals surface area contributed by atoms with Gasteiger partial charge in [0, 0.05) is 18.2 Å². The van der Waals surface area contributed by atoms with E-state index in [9.17, 15) is 14.4 Å². The number of thioether (sulfide) groups is 1. The molecule has 1 aliphatic carbocycles.